The Hall–Kier alpha value is -1.39. The third-order valence-electron chi connectivity index (χ3n) is 2.04. The minimum atomic E-state index is -1.20. The molecule has 0 heterocycles. The summed E-state index contributed by atoms with van der Waals surface area (Å²) in [6.07, 6.45) is -1.17. The lowest BCUT2D eigenvalue weighted by molar-refractivity contribution is -0.147. The summed E-state index contributed by atoms with van der Waals surface area (Å²) < 4.78 is 0. The van der Waals surface area contributed by atoms with Crippen LogP contribution in [-0.4, -0.2) is 27.9 Å². The highest BCUT2D eigenvalue weighted by Crippen LogP contribution is 2.21. The normalized spacial score (nSPS) is 14.7. The summed E-state index contributed by atoms with van der Waals surface area (Å²) in [7, 11) is 0. The Labute approximate surface area is 81.4 Å². The van der Waals surface area contributed by atoms with Crippen LogP contribution in [0.5, 0.6) is 0 Å². The molecule has 1 aromatic rings. The Balaban J connectivity index is 2.83. The molecule has 0 spiro atoms. The third-order valence-corrected chi connectivity index (χ3v) is 2.04. The topological polar surface area (TPSA) is 77.8 Å². The lowest BCUT2D eigenvalue weighted by atomic mass is 9.97. The molecule has 1 rings (SSSR count). The fourth-order valence-electron chi connectivity index (χ4n) is 1.20. The van der Waals surface area contributed by atoms with Gasteiger partial charge in [-0.1, -0.05) is 30.3 Å². The highest BCUT2D eigenvalue weighted by atomic mass is 16.4. The van der Waals surface area contributed by atoms with E-state index in [4.69, 9.17) is 10.2 Å². The van der Waals surface area contributed by atoms with Crippen molar-refractivity contribution in [1.29, 1.82) is 0 Å². The third kappa shape index (κ3) is 2.31. The van der Waals surface area contributed by atoms with E-state index in [0.717, 1.165) is 0 Å². The van der Waals surface area contributed by atoms with Gasteiger partial charge in [-0.05, 0) is 5.56 Å². The number of aliphatic hydroxyl groups is 2. The molecule has 0 aliphatic carbocycles. The van der Waals surface area contributed by atoms with Gasteiger partial charge in [0.25, 0.3) is 0 Å². The van der Waals surface area contributed by atoms with Gasteiger partial charge in [-0.15, -0.1) is 0 Å². The number of aliphatic hydroxyl groups excluding tert-OH is 2. The van der Waals surface area contributed by atoms with Crippen LogP contribution in [0.25, 0.3) is 0 Å². The smallest absolute Gasteiger partial charge is 0.311 e. The van der Waals surface area contributed by atoms with E-state index < -0.39 is 24.6 Å². The van der Waals surface area contributed by atoms with E-state index in [1.807, 2.05) is 0 Å². The first kappa shape index (κ1) is 10.7. The Morgan fingerprint density at radius 1 is 1.29 bits per heavy atom. The second kappa shape index (κ2) is 4.74. The molecule has 0 amide bonds. The van der Waals surface area contributed by atoms with Crippen LogP contribution in [0.4, 0.5) is 0 Å². The molecular formula is C10H12O4. The molecule has 0 radical (unpaired) electrons. The summed E-state index contributed by atoms with van der Waals surface area (Å²) >= 11 is 0. The van der Waals surface area contributed by atoms with Crippen LogP contribution < -0.4 is 0 Å². The van der Waals surface area contributed by atoms with E-state index in [9.17, 15) is 9.90 Å². The molecule has 14 heavy (non-hydrogen) atoms. The number of carboxylic acid groups (broad SMARTS) is 1. The number of aliphatic carboxylic acids is 1. The summed E-state index contributed by atoms with van der Waals surface area (Å²) in [4.78, 5) is 10.6. The predicted molar refractivity (Wildman–Crippen MR) is 49.6 cm³/mol. The quantitative estimate of drug-likeness (QED) is 0.652. The van der Waals surface area contributed by atoms with Crippen molar-refractivity contribution in [2.45, 2.75) is 6.10 Å². The average molecular weight is 196 g/mol. The maximum atomic E-state index is 10.6. The zero-order valence-electron chi connectivity index (χ0n) is 7.50. The van der Waals surface area contributed by atoms with Crippen molar-refractivity contribution < 1.29 is 20.1 Å². The van der Waals surface area contributed by atoms with Crippen molar-refractivity contribution in [2.75, 3.05) is 6.61 Å². The molecule has 0 aromatic heterocycles. The van der Waals surface area contributed by atoms with Gasteiger partial charge in [0.05, 0.1) is 12.7 Å². The molecule has 0 aliphatic rings. The van der Waals surface area contributed by atoms with Crippen LogP contribution >= 0.6 is 0 Å². The fraction of sp³-hybridized carbons (Fsp3) is 0.300. The van der Waals surface area contributed by atoms with Gasteiger partial charge in [-0.2, -0.15) is 0 Å². The Kier molecular flexibility index (Phi) is 3.62. The standard InChI is InChI=1S/C10H12O4/c11-6-8(10(13)14)9(12)7-4-2-1-3-5-7/h1-5,8-9,11-12H,6H2,(H,13,14). The molecule has 1 aromatic carbocycles. The maximum Gasteiger partial charge on any atom is 0.311 e. The summed E-state index contributed by atoms with van der Waals surface area (Å²) in [5, 5.41) is 27.1. The minimum absolute atomic E-state index is 0.494. The van der Waals surface area contributed by atoms with Gasteiger partial charge in [0.2, 0.25) is 0 Å². The molecule has 76 valence electrons. The Bertz CT molecular complexity index is 296. The van der Waals surface area contributed by atoms with Crippen molar-refractivity contribution in [2.24, 2.45) is 5.92 Å². The highest BCUT2D eigenvalue weighted by molar-refractivity contribution is 5.71. The average Bonchev–Trinajstić information content (AvgIpc) is 2.19. The van der Waals surface area contributed by atoms with Crippen LogP contribution in [0, 0.1) is 5.92 Å². The van der Waals surface area contributed by atoms with E-state index in [0.29, 0.717) is 5.56 Å². The van der Waals surface area contributed by atoms with Gasteiger partial charge < -0.3 is 15.3 Å². The first-order chi connectivity index (χ1) is 6.66. The number of benzene rings is 1. The molecule has 2 unspecified atom stereocenters. The van der Waals surface area contributed by atoms with Crippen LogP contribution in [0.3, 0.4) is 0 Å². The lowest BCUT2D eigenvalue weighted by Gasteiger charge is -2.16. The van der Waals surface area contributed by atoms with Gasteiger partial charge in [0, 0.05) is 0 Å². The van der Waals surface area contributed by atoms with Gasteiger partial charge in [0.1, 0.15) is 5.92 Å². The van der Waals surface area contributed by atoms with Gasteiger partial charge in [-0.25, -0.2) is 0 Å². The second-order valence-corrected chi connectivity index (χ2v) is 2.98. The molecule has 0 saturated carbocycles. The first-order valence-electron chi connectivity index (χ1n) is 4.23. The monoisotopic (exact) mass is 196 g/mol. The molecule has 4 heteroatoms. The molecule has 0 fully saturated rings. The number of hydrogen-bond acceptors (Lipinski definition) is 3. The second-order valence-electron chi connectivity index (χ2n) is 2.98. The molecule has 4 nitrogen and oxygen atoms in total. The van der Waals surface area contributed by atoms with Crippen molar-refractivity contribution in [1.82, 2.24) is 0 Å². The van der Waals surface area contributed by atoms with E-state index in [1.54, 1.807) is 30.3 Å². The summed E-state index contributed by atoms with van der Waals surface area (Å²) in [5.74, 6) is -2.37. The number of hydrogen-bond donors (Lipinski definition) is 3. The van der Waals surface area contributed by atoms with Crippen LogP contribution in [0.2, 0.25) is 0 Å². The van der Waals surface area contributed by atoms with E-state index in [1.165, 1.54) is 0 Å². The predicted octanol–water partition coefficient (Wildman–Crippen LogP) is 0.413. The van der Waals surface area contributed by atoms with Crippen molar-refractivity contribution in [3.05, 3.63) is 35.9 Å². The van der Waals surface area contributed by atoms with Crippen LogP contribution in [0.1, 0.15) is 11.7 Å². The number of rotatable bonds is 4. The maximum absolute atomic E-state index is 10.6. The van der Waals surface area contributed by atoms with E-state index >= 15 is 0 Å². The van der Waals surface area contributed by atoms with Crippen LogP contribution in [-0.2, 0) is 4.79 Å². The zero-order chi connectivity index (χ0) is 10.6. The Morgan fingerprint density at radius 2 is 1.86 bits per heavy atom. The van der Waals surface area contributed by atoms with E-state index in [2.05, 4.69) is 0 Å². The van der Waals surface area contributed by atoms with Crippen molar-refractivity contribution >= 4 is 5.97 Å². The van der Waals surface area contributed by atoms with E-state index in [-0.39, 0.29) is 0 Å². The zero-order valence-corrected chi connectivity index (χ0v) is 7.50. The molecule has 0 aliphatic heterocycles. The van der Waals surface area contributed by atoms with Gasteiger partial charge in [0.15, 0.2) is 0 Å². The SMILES string of the molecule is O=C(O)C(CO)C(O)c1ccccc1. The number of carboxylic acids is 1. The molecule has 2 atom stereocenters. The Morgan fingerprint density at radius 3 is 2.29 bits per heavy atom. The van der Waals surface area contributed by atoms with Crippen LogP contribution in [0.15, 0.2) is 30.3 Å². The van der Waals surface area contributed by atoms with Gasteiger partial charge in [-0.3, -0.25) is 4.79 Å². The lowest BCUT2D eigenvalue weighted by Crippen LogP contribution is -2.25. The summed E-state index contributed by atoms with van der Waals surface area (Å²) in [5.41, 5.74) is 0.494. The largest absolute Gasteiger partial charge is 0.481 e. The highest BCUT2D eigenvalue weighted by Gasteiger charge is 2.26. The van der Waals surface area contributed by atoms with Crippen molar-refractivity contribution in [3.63, 3.8) is 0 Å². The molecule has 0 saturated heterocycles. The molecule has 3 N–H and O–H groups in total. The molecular weight excluding hydrogens is 184 g/mol. The molecule has 0 bridgehead atoms. The summed E-state index contributed by atoms with van der Waals surface area (Å²) in [6.45, 7) is -0.578. The van der Waals surface area contributed by atoms with Gasteiger partial charge >= 0.3 is 5.97 Å². The first-order valence-corrected chi connectivity index (χ1v) is 4.23. The minimum Gasteiger partial charge on any atom is -0.481 e. The fourth-order valence-corrected chi connectivity index (χ4v) is 1.20. The van der Waals surface area contributed by atoms with Crippen molar-refractivity contribution in [3.8, 4) is 0 Å². The number of carbonyl (C=O) groups is 1. The summed E-state index contributed by atoms with van der Waals surface area (Å²) in [6, 6.07) is 8.42.